The Kier molecular flexibility index (Phi) is 3.95. The van der Waals surface area contributed by atoms with Crippen LogP contribution in [0.3, 0.4) is 0 Å². The van der Waals surface area contributed by atoms with Gasteiger partial charge in [0.1, 0.15) is 6.10 Å². The van der Waals surface area contributed by atoms with Crippen LogP contribution >= 0.6 is 0 Å². The zero-order valence-electron chi connectivity index (χ0n) is 10.3. The predicted molar refractivity (Wildman–Crippen MR) is 70.0 cm³/mol. The molecule has 1 atom stereocenters. The van der Waals surface area contributed by atoms with Crippen LogP contribution in [0.15, 0.2) is 48.5 Å². The Bertz CT molecular complexity index is 527. The summed E-state index contributed by atoms with van der Waals surface area (Å²) in [7, 11) is 0. The molecule has 3 heteroatoms. The highest BCUT2D eigenvalue weighted by molar-refractivity contribution is 5.28. The summed E-state index contributed by atoms with van der Waals surface area (Å²) in [6.45, 7) is 2.30. The van der Waals surface area contributed by atoms with Gasteiger partial charge in [-0.05, 0) is 24.6 Å². The molecule has 2 rings (SSSR count). The molecule has 0 aliphatic heterocycles. The lowest BCUT2D eigenvalue weighted by Crippen LogP contribution is -2.19. The average Bonchev–Trinajstić information content (AvgIpc) is 2.38. The summed E-state index contributed by atoms with van der Waals surface area (Å²) in [5.74, 6) is -0.141. The summed E-state index contributed by atoms with van der Waals surface area (Å²) < 4.78 is 19.2. The Hall–Kier alpha value is -1.87. The van der Waals surface area contributed by atoms with Gasteiger partial charge in [-0.3, -0.25) is 0 Å². The Labute approximate surface area is 106 Å². The molecular formula is C15H16FNO. The molecule has 0 aromatic heterocycles. The second-order valence-corrected chi connectivity index (χ2v) is 4.19. The van der Waals surface area contributed by atoms with Crippen LogP contribution in [0.2, 0.25) is 0 Å². The van der Waals surface area contributed by atoms with Crippen LogP contribution in [0, 0.1) is 12.7 Å². The second-order valence-electron chi connectivity index (χ2n) is 4.19. The highest BCUT2D eigenvalue weighted by atomic mass is 19.1. The molecule has 0 amide bonds. The Morgan fingerprint density at radius 1 is 1.17 bits per heavy atom. The van der Waals surface area contributed by atoms with E-state index in [1.807, 2.05) is 31.2 Å². The van der Waals surface area contributed by atoms with Crippen molar-refractivity contribution in [1.82, 2.24) is 0 Å². The normalized spacial score (nSPS) is 12.2. The predicted octanol–water partition coefficient (Wildman–Crippen LogP) is 3.21. The van der Waals surface area contributed by atoms with E-state index >= 15 is 0 Å². The molecule has 2 N–H and O–H groups in total. The van der Waals surface area contributed by atoms with Gasteiger partial charge in [0.05, 0.1) is 0 Å². The topological polar surface area (TPSA) is 35.2 Å². The van der Waals surface area contributed by atoms with E-state index in [0.717, 1.165) is 11.1 Å². The first-order valence-corrected chi connectivity index (χ1v) is 5.88. The van der Waals surface area contributed by atoms with Crippen molar-refractivity contribution >= 4 is 0 Å². The van der Waals surface area contributed by atoms with Crippen LogP contribution in [0.4, 0.5) is 4.39 Å². The molecule has 2 nitrogen and oxygen atoms in total. The van der Waals surface area contributed by atoms with Gasteiger partial charge in [0.25, 0.3) is 0 Å². The van der Waals surface area contributed by atoms with E-state index in [2.05, 4.69) is 0 Å². The van der Waals surface area contributed by atoms with Gasteiger partial charge < -0.3 is 10.5 Å². The fourth-order valence-corrected chi connectivity index (χ4v) is 1.82. The molecule has 0 aliphatic rings. The van der Waals surface area contributed by atoms with Crippen molar-refractivity contribution in [3.63, 3.8) is 0 Å². The third-order valence-electron chi connectivity index (χ3n) is 2.73. The average molecular weight is 245 g/mol. The van der Waals surface area contributed by atoms with Crippen LogP contribution < -0.4 is 10.5 Å². The van der Waals surface area contributed by atoms with Gasteiger partial charge in [-0.15, -0.1) is 0 Å². The molecule has 2 aromatic carbocycles. The molecule has 0 heterocycles. The van der Waals surface area contributed by atoms with Crippen molar-refractivity contribution in [2.75, 3.05) is 6.54 Å². The van der Waals surface area contributed by atoms with Crippen LogP contribution in [-0.4, -0.2) is 6.54 Å². The molecule has 0 saturated heterocycles. The quantitative estimate of drug-likeness (QED) is 0.897. The summed E-state index contributed by atoms with van der Waals surface area (Å²) >= 11 is 0. The number of hydrogen-bond acceptors (Lipinski definition) is 2. The van der Waals surface area contributed by atoms with Crippen molar-refractivity contribution in [1.29, 1.82) is 0 Å². The number of para-hydroxylation sites is 1. The van der Waals surface area contributed by atoms with E-state index in [0.29, 0.717) is 6.54 Å². The minimum Gasteiger partial charge on any atom is -0.481 e. The van der Waals surface area contributed by atoms with Gasteiger partial charge in [0.15, 0.2) is 11.6 Å². The third kappa shape index (κ3) is 2.87. The van der Waals surface area contributed by atoms with Crippen LogP contribution in [0.5, 0.6) is 5.75 Å². The van der Waals surface area contributed by atoms with Gasteiger partial charge in [-0.2, -0.15) is 0 Å². The highest BCUT2D eigenvalue weighted by Crippen LogP contribution is 2.24. The maximum Gasteiger partial charge on any atom is 0.165 e. The van der Waals surface area contributed by atoms with Crippen LogP contribution in [-0.2, 0) is 0 Å². The number of hydrogen-bond donors (Lipinski definition) is 1. The first kappa shape index (κ1) is 12.6. The van der Waals surface area contributed by atoms with Gasteiger partial charge in [-0.25, -0.2) is 4.39 Å². The zero-order valence-corrected chi connectivity index (χ0v) is 10.3. The monoisotopic (exact) mass is 245 g/mol. The summed E-state index contributed by atoms with van der Waals surface area (Å²) in [6.07, 6.45) is -0.332. The summed E-state index contributed by atoms with van der Waals surface area (Å²) in [5.41, 5.74) is 7.79. The third-order valence-corrected chi connectivity index (χ3v) is 2.73. The number of aryl methyl sites for hydroxylation is 1. The van der Waals surface area contributed by atoms with Crippen molar-refractivity contribution in [2.24, 2.45) is 5.73 Å². The maximum atomic E-state index is 13.5. The molecule has 0 saturated carbocycles. The Morgan fingerprint density at radius 2 is 1.94 bits per heavy atom. The van der Waals surface area contributed by atoms with Crippen molar-refractivity contribution in [2.45, 2.75) is 13.0 Å². The molecule has 18 heavy (non-hydrogen) atoms. The fraction of sp³-hybridized carbons (Fsp3) is 0.200. The molecule has 2 aromatic rings. The molecule has 0 spiro atoms. The van der Waals surface area contributed by atoms with Crippen LogP contribution in [0.25, 0.3) is 0 Å². The minimum atomic E-state index is -0.372. The standard InChI is InChI=1S/C15H16FNO/c1-11-5-4-6-12(9-11)15(10-17)18-14-8-3-2-7-13(14)16/h2-9,15H,10,17H2,1H3. The number of benzene rings is 2. The van der Waals surface area contributed by atoms with Gasteiger partial charge in [0, 0.05) is 6.54 Å². The van der Waals surface area contributed by atoms with Crippen molar-refractivity contribution in [3.05, 3.63) is 65.5 Å². The summed E-state index contributed by atoms with van der Waals surface area (Å²) in [5, 5.41) is 0. The number of ether oxygens (including phenoxy) is 1. The number of halogens is 1. The summed E-state index contributed by atoms with van der Waals surface area (Å²) in [4.78, 5) is 0. The number of nitrogens with two attached hydrogens (primary N) is 1. The molecule has 1 unspecified atom stereocenters. The number of rotatable bonds is 4. The molecular weight excluding hydrogens is 229 g/mol. The SMILES string of the molecule is Cc1cccc(C(CN)Oc2ccccc2F)c1. The Balaban J connectivity index is 2.23. The van der Waals surface area contributed by atoms with Gasteiger partial charge in [0.2, 0.25) is 0 Å². The Morgan fingerprint density at radius 3 is 2.61 bits per heavy atom. The molecule has 0 fully saturated rings. The molecule has 0 aliphatic carbocycles. The van der Waals surface area contributed by atoms with Crippen molar-refractivity contribution < 1.29 is 9.13 Å². The van der Waals surface area contributed by atoms with E-state index in [9.17, 15) is 4.39 Å². The lowest BCUT2D eigenvalue weighted by atomic mass is 10.1. The van der Waals surface area contributed by atoms with E-state index in [-0.39, 0.29) is 17.7 Å². The van der Waals surface area contributed by atoms with E-state index < -0.39 is 0 Å². The van der Waals surface area contributed by atoms with E-state index in [1.54, 1.807) is 18.2 Å². The first-order chi connectivity index (χ1) is 8.70. The summed E-state index contributed by atoms with van der Waals surface area (Å²) in [6, 6.07) is 14.2. The second kappa shape index (κ2) is 5.65. The molecule has 0 radical (unpaired) electrons. The zero-order chi connectivity index (χ0) is 13.0. The molecule has 0 bridgehead atoms. The molecule has 94 valence electrons. The van der Waals surface area contributed by atoms with Crippen molar-refractivity contribution in [3.8, 4) is 5.75 Å². The lowest BCUT2D eigenvalue weighted by molar-refractivity contribution is 0.204. The fourth-order valence-electron chi connectivity index (χ4n) is 1.82. The van der Waals surface area contributed by atoms with Gasteiger partial charge >= 0.3 is 0 Å². The first-order valence-electron chi connectivity index (χ1n) is 5.88. The highest BCUT2D eigenvalue weighted by Gasteiger charge is 2.13. The van der Waals surface area contributed by atoms with E-state index in [4.69, 9.17) is 10.5 Å². The lowest BCUT2D eigenvalue weighted by Gasteiger charge is -2.18. The largest absolute Gasteiger partial charge is 0.481 e. The van der Waals surface area contributed by atoms with Gasteiger partial charge in [-0.1, -0.05) is 42.0 Å². The minimum absolute atomic E-state index is 0.231. The smallest absolute Gasteiger partial charge is 0.165 e. The maximum absolute atomic E-state index is 13.5. The van der Waals surface area contributed by atoms with Crippen LogP contribution in [0.1, 0.15) is 17.2 Å². The van der Waals surface area contributed by atoms with E-state index in [1.165, 1.54) is 6.07 Å².